The summed E-state index contributed by atoms with van der Waals surface area (Å²) in [6.45, 7) is 0.318. The number of hydrogen-bond donors (Lipinski definition) is 2. The Labute approximate surface area is 183 Å². The average Bonchev–Trinajstić information content (AvgIpc) is 3.29. The first-order chi connectivity index (χ1) is 15.1. The van der Waals surface area contributed by atoms with Crippen LogP contribution in [0.5, 0.6) is 0 Å². The summed E-state index contributed by atoms with van der Waals surface area (Å²) < 4.78 is 1.57. The van der Waals surface area contributed by atoms with Crippen molar-refractivity contribution in [3.05, 3.63) is 107 Å². The lowest BCUT2D eigenvalue weighted by molar-refractivity contribution is 0.0949. The fourth-order valence-corrected chi connectivity index (χ4v) is 3.10. The molecule has 4 rings (SSSR count). The number of halogens is 1. The molecule has 7 nitrogen and oxygen atoms in total. The van der Waals surface area contributed by atoms with Crippen molar-refractivity contribution in [1.29, 1.82) is 0 Å². The molecule has 8 heteroatoms. The summed E-state index contributed by atoms with van der Waals surface area (Å²) in [4.78, 5) is 29.2. The Morgan fingerprint density at radius 3 is 2.61 bits per heavy atom. The Morgan fingerprint density at radius 2 is 1.81 bits per heavy atom. The summed E-state index contributed by atoms with van der Waals surface area (Å²) >= 11 is 6.01. The molecule has 2 aromatic carbocycles. The molecule has 0 unspecified atom stereocenters. The summed E-state index contributed by atoms with van der Waals surface area (Å²) in [5, 5.41) is 10.4. The van der Waals surface area contributed by atoms with Crippen molar-refractivity contribution < 1.29 is 9.59 Å². The number of anilines is 1. The van der Waals surface area contributed by atoms with Crippen LogP contribution in [-0.4, -0.2) is 26.6 Å². The smallest absolute Gasteiger partial charge is 0.258 e. The van der Waals surface area contributed by atoms with Gasteiger partial charge in [-0.05, 0) is 48.5 Å². The molecule has 0 saturated carbocycles. The lowest BCUT2D eigenvalue weighted by Gasteiger charge is -2.08. The van der Waals surface area contributed by atoms with E-state index in [0.717, 1.165) is 11.4 Å². The third kappa shape index (κ3) is 5.15. The zero-order valence-corrected chi connectivity index (χ0v) is 17.1. The van der Waals surface area contributed by atoms with Gasteiger partial charge >= 0.3 is 0 Å². The fourth-order valence-electron chi connectivity index (χ4n) is 2.92. The van der Waals surface area contributed by atoms with Crippen molar-refractivity contribution in [1.82, 2.24) is 20.1 Å². The van der Waals surface area contributed by atoms with E-state index >= 15 is 0 Å². The number of hydrogen-bond acceptors (Lipinski definition) is 4. The Bertz CT molecular complexity index is 1220. The highest BCUT2D eigenvalue weighted by Crippen LogP contribution is 2.16. The number of pyridine rings is 1. The zero-order valence-electron chi connectivity index (χ0n) is 16.3. The molecule has 0 fully saturated rings. The van der Waals surface area contributed by atoms with Crippen LogP contribution in [0.25, 0.3) is 5.69 Å². The van der Waals surface area contributed by atoms with Crippen molar-refractivity contribution in [3.63, 3.8) is 0 Å². The van der Waals surface area contributed by atoms with Gasteiger partial charge in [0.15, 0.2) is 0 Å². The van der Waals surface area contributed by atoms with Crippen molar-refractivity contribution in [2.45, 2.75) is 6.54 Å². The van der Waals surface area contributed by atoms with E-state index in [2.05, 4.69) is 20.7 Å². The second kappa shape index (κ2) is 9.23. The molecule has 0 aliphatic heterocycles. The molecule has 0 atom stereocenters. The van der Waals surface area contributed by atoms with Gasteiger partial charge in [-0.25, -0.2) is 4.68 Å². The quantitative estimate of drug-likeness (QED) is 0.481. The molecular formula is C23H18ClN5O2. The summed E-state index contributed by atoms with van der Waals surface area (Å²) in [5.41, 5.74) is 2.83. The number of nitrogens with zero attached hydrogens (tertiary/aromatic N) is 3. The molecule has 0 aliphatic rings. The average molecular weight is 432 g/mol. The van der Waals surface area contributed by atoms with Crippen molar-refractivity contribution >= 4 is 29.1 Å². The zero-order chi connectivity index (χ0) is 21.6. The number of carbonyl (C=O) groups is 2. The lowest BCUT2D eigenvalue weighted by Crippen LogP contribution is -2.23. The van der Waals surface area contributed by atoms with Gasteiger partial charge in [0, 0.05) is 28.7 Å². The van der Waals surface area contributed by atoms with Gasteiger partial charge in [-0.3, -0.25) is 14.6 Å². The summed E-state index contributed by atoms with van der Waals surface area (Å²) in [7, 11) is 0. The van der Waals surface area contributed by atoms with Gasteiger partial charge in [-0.15, -0.1) is 0 Å². The van der Waals surface area contributed by atoms with E-state index in [1.807, 2.05) is 30.3 Å². The van der Waals surface area contributed by atoms with Crippen molar-refractivity contribution in [3.8, 4) is 5.69 Å². The fraction of sp³-hybridized carbons (Fsp3) is 0.0435. The maximum Gasteiger partial charge on any atom is 0.258 e. The first-order valence-electron chi connectivity index (χ1n) is 9.48. The highest BCUT2D eigenvalue weighted by atomic mass is 35.5. The highest BCUT2D eigenvalue weighted by molar-refractivity contribution is 6.30. The molecule has 0 radical (unpaired) electrons. The number of aromatic nitrogens is 3. The van der Waals surface area contributed by atoms with Crippen LogP contribution in [0, 0.1) is 0 Å². The monoisotopic (exact) mass is 431 g/mol. The van der Waals surface area contributed by atoms with Crippen LogP contribution in [0.15, 0.2) is 85.3 Å². The van der Waals surface area contributed by atoms with Gasteiger partial charge in [-0.1, -0.05) is 29.8 Å². The molecule has 0 saturated heterocycles. The van der Waals surface area contributed by atoms with Crippen LogP contribution >= 0.6 is 11.6 Å². The molecule has 0 bridgehead atoms. The van der Waals surface area contributed by atoms with Gasteiger partial charge in [0.1, 0.15) is 0 Å². The molecule has 0 spiro atoms. The SMILES string of the molecule is O=C(NCc1ccccn1)c1cccc(NC(=O)c2cnn(-c3cccc(Cl)c3)c2)c1. The molecule has 154 valence electrons. The summed E-state index contributed by atoms with van der Waals surface area (Å²) in [6.07, 6.45) is 4.76. The van der Waals surface area contributed by atoms with Gasteiger partial charge in [-0.2, -0.15) is 5.10 Å². The standard InChI is InChI=1S/C23H18ClN5O2/c24-18-6-4-9-21(12-18)29-15-17(13-27-29)23(31)28-19-8-3-5-16(11-19)22(30)26-14-20-7-1-2-10-25-20/h1-13,15H,14H2,(H,26,30)(H,28,31). The minimum atomic E-state index is -0.334. The van der Waals surface area contributed by atoms with Gasteiger partial charge in [0.25, 0.3) is 11.8 Å². The molecule has 2 aromatic heterocycles. The summed E-state index contributed by atoms with van der Waals surface area (Å²) in [6, 6.07) is 19.4. The van der Waals surface area contributed by atoms with E-state index in [0.29, 0.717) is 28.4 Å². The number of benzene rings is 2. The maximum absolute atomic E-state index is 12.6. The van der Waals surface area contributed by atoms with Gasteiger partial charge in [0.05, 0.1) is 29.7 Å². The van der Waals surface area contributed by atoms with Crippen LogP contribution in [0.4, 0.5) is 5.69 Å². The van der Waals surface area contributed by atoms with E-state index < -0.39 is 0 Å². The van der Waals surface area contributed by atoms with Crippen LogP contribution < -0.4 is 10.6 Å². The van der Waals surface area contributed by atoms with Crippen molar-refractivity contribution in [2.75, 3.05) is 5.32 Å². The Morgan fingerprint density at radius 1 is 0.935 bits per heavy atom. The second-order valence-electron chi connectivity index (χ2n) is 6.69. The Balaban J connectivity index is 1.41. The molecule has 31 heavy (non-hydrogen) atoms. The minimum Gasteiger partial charge on any atom is -0.346 e. The van der Waals surface area contributed by atoms with Crippen molar-refractivity contribution in [2.24, 2.45) is 0 Å². The molecule has 0 aliphatic carbocycles. The Kier molecular flexibility index (Phi) is 6.05. The van der Waals surface area contributed by atoms with Gasteiger partial charge in [0.2, 0.25) is 0 Å². The summed E-state index contributed by atoms with van der Waals surface area (Å²) in [5.74, 6) is -0.588. The minimum absolute atomic E-state index is 0.254. The van der Waals surface area contributed by atoms with Crippen LogP contribution in [0.3, 0.4) is 0 Å². The number of rotatable bonds is 6. The maximum atomic E-state index is 12.6. The predicted octanol–water partition coefficient (Wildman–Crippen LogP) is 4.10. The van der Waals surface area contributed by atoms with Crippen LogP contribution in [0.1, 0.15) is 26.4 Å². The number of carbonyl (C=O) groups excluding carboxylic acids is 2. The Hall–Kier alpha value is -3.97. The highest BCUT2D eigenvalue weighted by Gasteiger charge is 2.12. The van der Waals surface area contributed by atoms with Crippen LogP contribution in [-0.2, 0) is 6.54 Å². The molecule has 2 N–H and O–H groups in total. The van der Waals surface area contributed by atoms with Gasteiger partial charge < -0.3 is 10.6 Å². The van der Waals surface area contributed by atoms with E-state index in [1.54, 1.807) is 53.5 Å². The predicted molar refractivity (Wildman–Crippen MR) is 118 cm³/mol. The second-order valence-corrected chi connectivity index (χ2v) is 7.13. The number of amides is 2. The number of nitrogens with one attached hydrogen (secondary N) is 2. The topological polar surface area (TPSA) is 88.9 Å². The molecule has 4 aromatic rings. The third-order valence-corrected chi connectivity index (χ3v) is 4.69. The largest absolute Gasteiger partial charge is 0.346 e. The molecular weight excluding hydrogens is 414 g/mol. The first-order valence-corrected chi connectivity index (χ1v) is 9.86. The lowest BCUT2D eigenvalue weighted by atomic mass is 10.1. The van der Waals surface area contributed by atoms with E-state index in [9.17, 15) is 9.59 Å². The van der Waals surface area contributed by atoms with E-state index in [4.69, 9.17) is 11.6 Å². The van der Waals surface area contributed by atoms with E-state index in [1.165, 1.54) is 6.20 Å². The third-order valence-electron chi connectivity index (χ3n) is 4.46. The van der Waals surface area contributed by atoms with Crippen LogP contribution in [0.2, 0.25) is 5.02 Å². The molecule has 2 heterocycles. The molecule has 2 amide bonds. The first kappa shape index (κ1) is 20.3. The van der Waals surface area contributed by atoms with E-state index in [-0.39, 0.29) is 11.8 Å². The normalized spacial score (nSPS) is 10.5.